The number of carboxylic acids is 1. The van der Waals surface area contributed by atoms with E-state index in [1.807, 2.05) is 0 Å². The third kappa shape index (κ3) is 3.81. The van der Waals surface area contributed by atoms with E-state index in [0.717, 1.165) is 19.3 Å². The Kier molecular flexibility index (Phi) is 4.62. The van der Waals surface area contributed by atoms with Crippen molar-refractivity contribution in [2.75, 3.05) is 5.32 Å². The average Bonchev–Trinajstić information content (AvgIpc) is 2.40. The molecule has 7 nitrogen and oxygen atoms in total. The molecular weight excluding hydrogens is 298 g/mol. The lowest BCUT2D eigenvalue weighted by Gasteiger charge is -2.37. The highest BCUT2D eigenvalue weighted by Gasteiger charge is 2.36. The molecule has 0 amide bonds. The van der Waals surface area contributed by atoms with Crippen LogP contribution in [0.4, 0.5) is 11.5 Å². The Morgan fingerprint density at radius 3 is 2.71 bits per heavy atom. The topological polar surface area (TPSA) is 105 Å². The quantitative estimate of drug-likeness (QED) is 0.638. The minimum absolute atomic E-state index is 0.0764. The van der Waals surface area contributed by atoms with Crippen LogP contribution in [0.25, 0.3) is 0 Å². The van der Waals surface area contributed by atoms with Gasteiger partial charge in [-0.1, -0.05) is 30.9 Å². The van der Waals surface area contributed by atoms with Gasteiger partial charge in [-0.15, -0.1) is 0 Å². The second kappa shape index (κ2) is 6.26. The Bertz CT molecular complexity index is 558. The normalized spacial score (nSPS) is 17.2. The van der Waals surface area contributed by atoms with Crippen molar-refractivity contribution in [1.82, 2.24) is 4.98 Å². The Hall–Kier alpha value is -1.89. The number of hydrogen-bond donors (Lipinski definition) is 2. The summed E-state index contributed by atoms with van der Waals surface area (Å²) < 4.78 is 0. The molecule has 1 aromatic rings. The summed E-state index contributed by atoms with van der Waals surface area (Å²) in [4.78, 5) is 25.6. The molecule has 1 aliphatic rings. The monoisotopic (exact) mass is 313 g/mol. The summed E-state index contributed by atoms with van der Waals surface area (Å²) in [7, 11) is 0. The van der Waals surface area contributed by atoms with E-state index in [9.17, 15) is 14.9 Å². The minimum Gasteiger partial charge on any atom is -0.481 e. The van der Waals surface area contributed by atoms with Gasteiger partial charge in [0.1, 0.15) is 0 Å². The van der Waals surface area contributed by atoms with E-state index in [4.69, 9.17) is 16.7 Å². The summed E-state index contributed by atoms with van der Waals surface area (Å²) >= 11 is 5.73. The average molecular weight is 314 g/mol. The van der Waals surface area contributed by atoms with E-state index in [2.05, 4.69) is 10.3 Å². The first-order chi connectivity index (χ1) is 9.92. The second-order valence-electron chi connectivity index (χ2n) is 5.31. The van der Waals surface area contributed by atoms with Crippen molar-refractivity contribution in [2.45, 2.75) is 44.1 Å². The van der Waals surface area contributed by atoms with Crippen molar-refractivity contribution in [3.05, 3.63) is 27.4 Å². The van der Waals surface area contributed by atoms with Crippen LogP contribution in [0.15, 0.2) is 12.3 Å². The van der Waals surface area contributed by atoms with Gasteiger partial charge in [0, 0.05) is 17.8 Å². The molecule has 0 radical (unpaired) electrons. The van der Waals surface area contributed by atoms with E-state index >= 15 is 0 Å². The molecule has 114 valence electrons. The fourth-order valence-corrected chi connectivity index (χ4v) is 2.93. The first-order valence-corrected chi connectivity index (χ1v) is 7.10. The van der Waals surface area contributed by atoms with Gasteiger partial charge < -0.3 is 10.4 Å². The van der Waals surface area contributed by atoms with Gasteiger partial charge in [-0.25, -0.2) is 4.98 Å². The van der Waals surface area contributed by atoms with Crippen LogP contribution in [0, 0.1) is 10.1 Å². The van der Waals surface area contributed by atoms with Gasteiger partial charge in [0.2, 0.25) is 5.82 Å². The smallest absolute Gasteiger partial charge is 0.312 e. The van der Waals surface area contributed by atoms with E-state index < -0.39 is 16.4 Å². The van der Waals surface area contributed by atoms with Crippen LogP contribution in [0.1, 0.15) is 38.5 Å². The number of nitrogens with one attached hydrogen (secondary N) is 1. The molecule has 8 heteroatoms. The highest BCUT2D eigenvalue weighted by atomic mass is 35.5. The summed E-state index contributed by atoms with van der Waals surface area (Å²) in [5, 5.41) is 23.4. The predicted molar refractivity (Wildman–Crippen MR) is 77.6 cm³/mol. The van der Waals surface area contributed by atoms with Gasteiger partial charge in [0.25, 0.3) is 0 Å². The molecular formula is C13H16ClN3O4. The van der Waals surface area contributed by atoms with Gasteiger partial charge in [-0.05, 0) is 12.8 Å². The molecule has 0 bridgehead atoms. The number of carboxylic acid groups (broad SMARTS) is 1. The van der Waals surface area contributed by atoms with E-state index in [0.29, 0.717) is 12.8 Å². The molecule has 2 N–H and O–H groups in total. The molecule has 0 saturated heterocycles. The number of anilines is 1. The molecule has 0 unspecified atom stereocenters. The first kappa shape index (κ1) is 15.5. The summed E-state index contributed by atoms with van der Waals surface area (Å²) in [6.07, 6.45) is 5.35. The van der Waals surface area contributed by atoms with Gasteiger partial charge in [0.15, 0.2) is 0 Å². The maximum Gasteiger partial charge on any atom is 0.312 e. The number of rotatable bonds is 5. The highest BCUT2D eigenvalue weighted by Crippen LogP contribution is 2.36. The van der Waals surface area contributed by atoms with E-state index in [1.165, 1.54) is 12.3 Å². The number of pyridine rings is 1. The van der Waals surface area contributed by atoms with Crippen LogP contribution in [0.5, 0.6) is 0 Å². The molecule has 21 heavy (non-hydrogen) atoms. The van der Waals surface area contributed by atoms with Crippen molar-refractivity contribution < 1.29 is 14.8 Å². The zero-order chi connectivity index (χ0) is 15.5. The number of aromatic nitrogens is 1. The molecule has 2 rings (SSSR count). The highest BCUT2D eigenvalue weighted by molar-refractivity contribution is 6.30. The Morgan fingerprint density at radius 1 is 1.48 bits per heavy atom. The number of carbonyl (C=O) groups is 1. The summed E-state index contributed by atoms with van der Waals surface area (Å²) in [5.74, 6) is -0.853. The fourth-order valence-electron chi connectivity index (χ4n) is 2.78. The maximum atomic E-state index is 11.1. The lowest BCUT2D eigenvalue weighted by Crippen LogP contribution is -2.42. The summed E-state index contributed by atoms with van der Waals surface area (Å²) in [6, 6.07) is 1.22. The summed E-state index contributed by atoms with van der Waals surface area (Å²) in [5.41, 5.74) is -0.923. The van der Waals surface area contributed by atoms with Crippen molar-refractivity contribution in [3.63, 3.8) is 0 Å². The van der Waals surface area contributed by atoms with E-state index in [1.54, 1.807) is 0 Å². The zero-order valence-electron chi connectivity index (χ0n) is 11.3. The minimum atomic E-state index is -0.930. The van der Waals surface area contributed by atoms with Gasteiger partial charge >= 0.3 is 11.7 Å². The summed E-state index contributed by atoms with van der Waals surface area (Å²) in [6.45, 7) is 0. The van der Waals surface area contributed by atoms with Gasteiger partial charge in [0.05, 0.1) is 16.4 Å². The number of hydrogen-bond acceptors (Lipinski definition) is 5. The molecule has 0 aliphatic heterocycles. The molecule has 0 aromatic carbocycles. The molecule has 1 fully saturated rings. The van der Waals surface area contributed by atoms with Crippen LogP contribution in [-0.2, 0) is 4.79 Å². The van der Waals surface area contributed by atoms with Crippen LogP contribution in [0.2, 0.25) is 5.02 Å². The zero-order valence-corrected chi connectivity index (χ0v) is 12.1. The molecule has 1 aromatic heterocycles. The second-order valence-corrected chi connectivity index (χ2v) is 5.75. The van der Waals surface area contributed by atoms with Gasteiger partial charge in [-0.2, -0.15) is 0 Å². The van der Waals surface area contributed by atoms with Crippen LogP contribution in [0.3, 0.4) is 0 Å². The predicted octanol–water partition coefficient (Wildman–Crippen LogP) is 3.23. The molecule has 0 atom stereocenters. The standard InChI is InChI=1S/C13H16ClN3O4/c14-9-6-10(17(20)21)12(15-8-9)16-13(7-11(18)19)4-2-1-3-5-13/h6,8H,1-5,7H2,(H,15,16)(H,18,19). The van der Waals surface area contributed by atoms with Crippen LogP contribution in [-0.4, -0.2) is 26.5 Å². The molecule has 0 spiro atoms. The number of nitro groups is 1. The number of halogens is 1. The largest absolute Gasteiger partial charge is 0.481 e. The van der Waals surface area contributed by atoms with Gasteiger partial charge in [-0.3, -0.25) is 14.9 Å². The Balaban J connectivity index is 2.32. The third-order valence-corrected chi connectivity index (χ3v) is 3.92. The Morgan fingerprint density at radius 2 is 2.14 bits per heavy atom. The Labute approximate surface area is 126 Å². The van der Waals surface area contributed by atoms with Crippen molar-refractivity contribution in [3.8, 4) is 0 Å². The van der Waals surface area contributed by atoms with Crippen molar-refractivity contribution in [1.29, 1.82) is 0 Å². The number of nitrogens with zero attached hydrogens (tertiary/aromatic N) is 2. The maximum absolute atomic E-state index is 11.1. The van der Waals surface area contributed by atoms with Crippen LogP contribution < -0.4 is 5.32 Å². The van der Waals surface area contributed by atoms with Crippen molar-refractivity contribution in [2.24, 2.45) is 0 Å². The molecule has 1 saturated carbocycles. The molecule has 1 heterocycles. The van der Waals surface area contributed by atoms with Crippen LogP contribution >= 0.6 is 11.6 Å². The van der Waals surface area contributed by atoms with Crippen molar-refractivity contribution >= 4 is 29.1 Å². The lowest BCUT2D eigenvalue weighted by molar-refractivity contribution is -0.384. The van der Waals surface area contributed by atoms with E-state index in [-0.39, 0.29) is 22.9 Å². The molecule has 1 aliphatic carbocycles. The fraction of sp³-hybridized carbons (Fsp3) is 0.538. The third-order valence-electron chi connectivity index (χ3n) is 3.71. The SMILES string of the molecule is O=C(O)CC1(Nc2ncc(Cl)cc2[N+](=O)[O-])CCCCC1. The first-order valence-electron chi connectivity index (χ1n) is 6.72. The number of aliphatic carboxylic acids is 1. The lowest BCUT2D eigenvalue weighted by atomic mass is 9.79.